The van der Waals surface area contributed by atoms with E-state index in [-0.39, 0.29) is 17.4 Å². The number of rotatable bonds is 4. The van der Waals surface area contributed by atoms with E-state index in [1.165, 1.54) is 6.07 Å². The highest BCUT2D eigenvalue weighted by molar-refractivity contribution is 9.10. The number of aromatic hydroxyl groups is 1. The quantitative estimate of drug-likeness (QED) is 0.337. The zero-order valence-corrected chi connectivity index (χ0v) is 17.5. The molecule has 0 aliphatic carbocycles. The molecule has 31 heavy (non-hydrogen) atoms. The molecule has 0 unspecified atom stereocenters. The van der Waals surface area contributed by atoms with Crippen LogP contribution in [0, 0.1) is 0 Å². The zero-order chi connectivity index (χ0) is 21.4. The number of anilines is 1. The summed E-state index contributed by atoms with van der Waals surface area (Å²) in [4.78, 5) is 20.9. The van der Waals surface area contributed by atoms with Crippen LogP contribution in [-0.4, -0.2) is 21.0 Å². The molecule has 0 atom stereocenters. The van der Waals surface area contributed by atoms with Crippen molar-refractivity contribution in [3.8, 4) is 28.5 Å². The molecule has 0 bridgehead atoms. The minimum Gasteiger partial charge on any atom is -0.507 e. The first-order chi connectivity index (χ1) is 15.1. The molecule has 0 aliphatic rings. The van der Waals surface area contributed by atoms with E-state index in [1.54, 1.807) is 42.7 Å². The van der Waals surface area contributed by atoms with Crippen molar-refractivity contribution >= 4 is 38.6 Å². The topological polar surface area (TPSA) is 101 Å². The zero-order valence-electron chi connectivity index (χ0n) is 15.9. The summed E-state index contributed by atoms with van der Waals surface area (Å²) in [5.41, 5.74) is 2.84. The molecular formula is C23H14BrN3O4. The van der Waals surface area contributed by atoms with Crippen LogP contribution >= 0.6 is 15.9 Å². The van der Waals surface area contributed by atoms with Crippen LogP contribution in [-0.2, 0) is 0 Å². The van der Waals surface area contributed by atoms with Gasteiger partial charge >= 0.3 is 0 Å². The number of phenols is 1. The van der Waals surface area contributed by atoms with E-state index in [0.717, 1.165) is 10.0 Å². The highest BCUT2D eigenvalue weighted by atomic mass is 79.9. The molecule has 3 aromatic heterocycles. The van der Waals surface area contributed by atoms with Crippen LogP contribution in [0.3, 0.4) is 0 Å². The Balaban J connectivity index is 1.35. The highest BCUT2D eigenvalue weighted by Gasteiger charge is 2.16. The van der Waals surface area contributed by atoms with Crippen LogP contribution in [0.2, 0.25) is 0 Å². The molecule has 8 heteroatoms. The number of nitrogens with one attached hydrogen (secondary N) is 1. The second kappa shape index (κ2) is 7.73. The van der Waals surface area contributed by atoms with Crippen LogP contribution in [0.15, 0.2) is 86.4 Å². The number of fused-ring (bicyclic) bond motifs is 1. The van der Waals surface area contributed by atoms with Crippen LogP contribution in [0.5, 0.6) is 5.75 Å². The van der Waals surface area contributed by atoms with Crippen LogP contribution in [0.25, 0.3) is 33.9 Å². The van der Waals surface area contributed by atoms with Crippen molar-refractivity contribution in [2.45, 2.75) is 0 Å². The summed E-state index contributed by atoms with van der Waals surface area (Å²) >= 11 is 3.39. The molecule has 0 saturated carbocycles. The normalized spacial score (nSPS) is 11.0. The highest BCUT2D eigenvalue weighted by Crippen LogP contribution is 2.33. The molecule has 5 rings (SSSR count). The van der Waals surface area contributed by atoms with Crippen LogP contribution < -0.4 is 5.32 Å². The predicted molar refractivity (Wildman–Crippen MR) is 119 cm³/mol. The van der Waals surface area contributed by atoms with Crippen molar-refractivity contribution in [1.82, 2.24) is 9.97 Å². The number of oxazole rings is 1. The van der Waals surface area contributed by atoms with E-state index >= 15 is 0 Å². The third-order valence-electron chi connectivity index (χ3n) is 4.63. The molecule has 0 aliphatic heterocycles. The number of furan rings is 1. The molecule has 0 saturated heterocycles. The second-order valence-electron chi connectivity index (χ2n) is 6.72. The van der Waals surface area contributed by atoms with Crippen molar-refractivity contribution < 1.29 is 18.7 Å². The number of phenolic OH excluding ortho intramolecular Hbond substituents is 1. The third kappa shape index (κ3) is 3.80. The fourth-order valence-corrected chi connectivity index (χ4v) is 3.37. The molecule has 0 fully saturated rings. The minimum atomic E-state index is -0.427. The predicted octanol–water partition coefficient (Wildman–Crippen LogP) is 5.87. The van der Waals surface area contributed by atoms with E-state index in [1.807, 2.05) is 24.3 Å². The minimum absolute atomic E-state index is 0.0766. The molecule has 2 N–H and O–H groups in total. The molecule has 0 spiro atoms. The molecule has 5 aromatic rings. The van der Waals surface area contributed by atoms with Gasteiger partial charge in [-0.1, -0.05) is 28.1 Å². The van der Waals surface area contributed by atoms with Crippen molar-refractivity contribution in [3.05, 3.63) is 83.3 Å². The average molecular weight is 476 g/mol. The fraction of sp³-hybridized carbons (Fsp3) is 0. The Bertz CT molecular complexity index is 1370. The lowest BCUT2D eigenvalue weighted by molar-refractivity contribution is 0.0997. The van der Waals surface area contributed by atoms with Gasteiger partial charge in [-0.3, -0.25) is 9.78 Å². The summed E-state index contributed by atoms with van der Waals surface area (Å²) in [6, 6.07) is 17.3. The maximum atomic E-state index is 12.6. The van der Waals surface area contributed by atoms with Gasteiger partial charge in [-0.15, -0.1) is 0 Å². The van der Waals surface area contributed by atoms with Gasteiger partial charge in [-0.2, -0.15) is 0 Å². The Morgan fingerprint density at radius 1 is 1.00 bits per heavy atom. The molecule has 0 radical (unpaired) electrons. The van der Waals surface area contributed by atoms with Gasteiger partial charge in [0.05, 0.1) is 11.8 Å². The molecule has 1 amide bonds. The average Bonchev–Trinajstić information content (AvgIpc) is 3.42. The van der Waals surface area contributed by atoms with Crippen molar-refractivity contribution in [2.24, 2.45) is 0 Å². The number of carbonyl (C=O) groups is 1. The molecule has 152 valence electrons. The Morgan fingerprint density at radius 3 is 2.61 bits per heavy atom. The lowest BCUT2D eigenvalue weighted by Gasteiger charge is -2.06. The van der Waals surface area contributed by atoms with Crippen LogP contribution in [0.4, 0.5) is 5.69 Å². The largest absolute Gasteiger partial charge is 0.507 e. The number of aromatic nitrogens is 2. The number of amides is 1. The lowest BCUT2D eigenvalue weighted by Crippen LogP contribution is -2.10. The van der Waals surface area contributed by atoms with Gasteiger partial charge in [0, 0.05) is 34.1 Å². The summed E-state index contributed by atoms with van der Waals surface area (Å²) < 4.78 is 12.3. The second-order valence-corrected chi connectivity index (χ2v) is 7.63. The molecule has 2 aromatic carbocycles. The number of hydrogen-bond donors (Lipinski definition) is 2. The monoisotopic (exact) mass is 475 g/mol. The van der Waals surface area contributed by atoms with Gasteiger partial charge in [-0.25, -0.2) is 4.98 Å². The number of halogens is 1. The van der Waals surface area contributed by atoms with E-state index < -0.39 is 5.91 Å². The van der Waals surface area contributed by atoms with Gasteiger partial charge in [0.15, 0.2) is 11.3 Å². The van der Waals surface area contributed by atoms with Gasteiger partial charge in [0.1, 0.15) is 17.0 Å². The Morgan fingerprint density at radius 2 is 1.84 bits per heavy atom. The van der Waals surface area contributed by atoms with Crippen molar-refractivity contribution in [1.29, 1.82) is 0 Å². The summed E-state index contributed by atoms with van der Waals surface area (Å²) in [7, 11) is 0. The third-order valence-corrected chi connectivity index (χ3v) is 5.16. The van der Waals surface area contributed by atoms with E-state index in [4.69, 9.17) is 8.83 Å². The SMILES string of the molecule is O=C(Nc1ccc(-c2nc3cnccc3o2)c(O)c1)c1ccc(-c2ccc(Br)cc2)o1. The first-order valence-corrected chi connectivity index (χ1v) is 10.1. The van der Waals surface area contributed by atoms with Gasteiger partial charge in [0.2, 0.25) is 5.89 Å². The Hall–Kier alpha value is -3.91. The smallest absolute Gasteiger partial charge is 0.291 e. The fourth-order valence-electron chi connectivity index (χ4n) is 3.11. The van der Waals surface area contributed by atoms with E-state index in [9.17, 15) is 9.90 Å². The number of hydrogen-bond acceptors (Lipinski definition) is 6. The standard InChI is InChI=1S/C23H14BrN3O4/c24-14-3-1-13(2-4-14)19-7-8-21(30-19)22(29)26-15-5-6-16(18(28)11-15)23-27-17-12-25-10-9-20(17)31-23/h1-12,28H,(H,26,29). The maximum Gasteiger partial charge on any atom is 0.291 e. The number of nitrogens with zero attached hydrogens (tertiary/aromatic N) is 2. The van der Waals surface area contributed by atoms with Crippen molar-refractivity contribution in [3.63, 3.8) is 0 Å². The van der Waals surface area contributed by atoms with Crippen molar-refractivity contribution in [2.75, 3.05) is 5.32 Å². The maximum absolute atomic E-state index is 12.6. The summed E-state index contributed by atoms with van der Waals surface area (Å²) in [5, 5.41) is 13.2. The molecule has 3 heterocycles. The lowest BCUT2D eigenvalue weighted by atomic mass is 10.1. The number of benzene rings is 2. The Labute approximate surface area is 184 Å². The first-order valence-electron chi connectivity index (χ1n) is 9.28. The van der Waals surface area contributed by atoms with E-state index in [0.29, 0.717) is 28.1 Å². The Kier molecular flexibility index (Phi) is 4.76. The summed E-state index contributed by atoms with van der Waals surface area (Å²) in [6.45, 7) is 0. The first kappa shape index (κ1) is 19.1. The van der Waals surface area contributed by atoms with E-state index in [2.05, 4.69) is 31.2 Å². The van der Waals surface area contributed by atoms with Crippen LogP contribution in [0.1, 0.15) is 10.6 Å². The van der Waals surface area contributed by atoms with Gasteiger partial charge in [-0.05, 0) is 36.4 Å². The summed E-state index contributed by atoms with van der Waals surface area (Å²) in [5.74, 6) is 0.508. The van der Waals surface area contributed by atoms with Gasteiger partial charge in [0.25, 0.3) is 5.91 Å². The molecular weight excluding hydrogens is 462 g/mol. The van der Waals surface area contributed by atoms with Gasteiger partial charge < -0.3 is 19.3 Å². The number of pyridine rings is 1. The number of carbonyl (C=O) groups excluding carboxylic acids is 1. The summed E-state index contributed by atoms with van der Waals surface area (Å²) in [6.07, 6.45) is 3.19. The molecule has 7 nitrogen and oxygen atoms in total.